The highest BCUT2D eigenvalue weighted by atomic mass is 16.5. The number of hydrogen-bond acceptors (Lipinski definition) is 4. The second kappa shape index (κ2) is 7.11. The molecule has 2 N–H and O–H groups in total. The molecule has 1 rings (SSSR count). The van der Waals surface area contributed by atoms with Crippen molar-refractivity contribution in [3.05, 3.63) is 0 Å². The number of ether oxygens (including phenoxy) is 1. The summed E-state index contributed by atoms with van der Waals surface area (Å²) >= 11 is 0. The van der Waals surface area contributed by atoms with Gasteiger partial charge < -0.3 is 15.4 Å². The Morgan fingerprint density at radius 1 is 1.21 bits per heavy atom. The molecule has 2 unspecified atom stereocenters. The number of amides is 2. The number of hydrogen-bond donors (Lipinski definition) is 2. The molecule has 2 atom stereocenters. The van der Waals surface area contributed by atoms with Crippen molar-refractivity contribution >= 4 is 17.8 Å². The molecule has 1 aliphatic heterocycles. The summed E-state index contributed by atoms with van der Waals surface area (Å²) in [6, 6.07) is -1.10. The number of piperazine rings is 1. The van der Waals surface area contributed by atoms with Gasteiger partial charge in [0.05, 0.1) is 6.61 Å². The van der Waals surface area contributed by atoms with Gasteiger partial charge in [-0.05, 0) is 25.7 Å². The van der Waals surface area contributed by atoms with Crippen LogP contribution in [0.5, 0.6) is 0 Å². The molecule has 0 aliphatic carbocycles. The van der Waals surface area contributed by atoms with Gasteiger partial charge in [0, 0.05) is 6.42 Å². The molecule has 6 nitrogen and oxygen atoms in total. The van der Waals surface area contributed by atoms with E-state index in [0.717, 1.165) is 0 Å². The topological polar surface area (TPSA) is 84.5 Å². The molecule has 0 aromatic rings. The average Bonchev–Trinajstić information content (AvgIpc) is 2.31. The van der Waals surface area contributed by atoms with Gasteiger partial charge >= 0.3 is 5.97 Å². The zero-order chi connectivity index (χ0) is 14.4. The lowest BCUT2D eigenvalue weighted by Gasteiger charge is -2.30. The van der Waals surface area contributed by atoms with Crippen LogP contribution in [0.4, 0.5) is 0 Å². The third-order valence-corrected chi connectivity index (χ3v) is 2.92. The summed E-state index contributed by atoms with van der Waals surface area (Å²) in [5.74, 6) is -0.433. The van der Waals surface area contributed by atoms with Crippen LogP contribution in [0.15, 0.2) is 0 Å². The van der Waals surface area contributed by atoms with Gasteiger partial charge in [-0.2, -0.15) is 0 Å². The minimum atomic E-state index is -0.639. The van der Waals surface area contributed by atoms with Crippen LogP contribution in [-0.4, -0.2) is 36.5 Å². The van der Waals surface area contributed by atoms with E-state index in [1.54, 1.807) is 6.92 Å². The Labute approximate surface area is 113 Å². The van der Waals surface area contributed by atoms with Crippen molar-refractivity contribution in [1.29, 1.82) is 0 Å². The maximum Gasteiger partial charge on any atom is 0.305 e. The van der Waals surface area contributed by atoms with Crippen molar-refractivity contribution < 1.29 is 19.1 Å². The van der Waals surface area contributed by atoms with Crippen LogP contribution >= 0.6 is 0 Å². The summed E-state index contributed by atoms with van der Waals surface area (Å²) < 4.78 is 4.79. The van der Waals surface area contributed by atoms with Crippen LogP contribution in [0, 0.1) is 5.92 Å². The zero-order valence-electron chi connectivity index (χ0n) is 11.7. The van der Waals surface area contributed by atoms with Crippen LogP contribution in [-0.2, 0) is 19.1 Å². The number of carbonyl (C=O) groups excluding carboxylic acids is 3. The molecular formula is C13H22N2O4. The summed E-state index contributed by atoms with van der Waals surface area (Å²) in [5.41, 5.74) is 0. The monoisotopic (exact) mass is 270 g/mol. The fraction of sp³-hybridized carbons (Fsp3) is 0.769. The molecule has 0 radical (unpaired) electrons. The van der Waals surface area contributed by atoms with E-state index < -0.39 is 12.1 Å². The van der Waals surface area contributed by atoms with E-state index in [4.69, 9.17) is 4.74 Å². The predicted molar refractivity (Wildman–Crippen MR) is 69.2 cm³/mol. The molecule has 19 heavy (non-hydrogen) atoms. The van der Waals surface area contributed by atoms with Crippen molar-refractivity contribution in [3.8, 4) is 0 Å². The summed E-state index contributed by atoms with van der Waals surface area (Å²) in [7, 11) is 0. The standard InChI is InChI=1S/C13H22N2O4/c1-4-19-11(16)6-5-9-12(17)15-10(7-8(2)3)13(18)14-9/h8-10H,4-7H2,1-3H3,(H,14,18)(H,15,17). The van der Waals surface area contributed by atoms with E-state index in [1.165, 1.54) is 0 Å². The van der Waals surface area contributed by atoms with Gasteiger partial charge in [0.1, 0.15) is 12.1 Å². The Morgan fingerprint density at radius 3 is 2.37 bits per heavy atom. The fourth-order valence-electron chi connectivity index (χ4n) is 2.01. The highest BCUT2D eigenvalue weighted by Gasteiger charge is 2.33. The smallest absolute Gasteiger partial charge is 0.305 e. The van der Waals surface area contributed by atoms with Crippen molar-refractivity contribution in [3.63, 3.8) is 0 Å². The third-order valence-electron chi connectivity index (χ3n) is 2.92. The molecule has 0 bridgehead atoms. The number of rotatable bonds is 6. The lowest BCUT2D eigenvalue weighted by Crippen LogP contribution is -2.61. The zero-order valence-corrected chi connectivity index (χ0v) is 11.7. The molecule has 0 aromatic heterocycles. The van der Waals surface area contributed by atoms with Crippen LogP contribution in [0.25, 0.3) is 0 Å². The summed E-state index contributed by atoms with van der Waals surface area (Å²) in [4.78, 5) is 34.9. The van der Waals surface area contributed by atoms with Crippen LogP contribution in [0.1, 0.15) is 40.0 Å². The van der Waals surface area contributed by atoms with Crippen LogP contribution < -0.4 is 10.6 Å². The summed E-state index contributed by atoms with van der Waals surface area (Å²) in [5, 5.41) is 5.36. The largest absolute Gasteiger partial charge is 0.466 e. The van der Waals surface area contributed by atoms with Gasteiger partial charge in [-0.3, -0.25) is 14.4 Å². The van der Waals surface area contributed by atoms with Gasteiger partial charge in [-0.1, -0.05) is 13.8 Å². The molecular weight excluding hydrogens is 248 g/mol. The predicted octanol–water partition coefficient (Wildman–Crippen LogP) is 0.359. The molecule has 1 fully saturated rings. The highest BCUT2D eigenvalue weighted by Crippen LogP contribution is 2.11. The first-order chi connectivity index (χ1) is 8.93. The minimum absolute atomic E-state index is 0.126. The minimum Gasteiger partial charge on any atom is -0.466 e. The molecule has 1 heterocycles. The fourth-order valence-corrected chi connectivity index (χ4v) is 2.01. The maximum atomic E-state index is 11.8. The second-order valence-electron chi connectivity index (χ2n) is 5.10. The van der Waals surface area contributed by atoms with Gasteiger partial charge in [-0.15, -0.1) is 0 Å². The average molecular weight is 270 g/mol. The van der Waals surface area contributed by atoms with E-state index in [0.29, 0.717) is 18.9 Å². The Bertz CT molecular complexity index is 355. The van der Waals surface area contributed by atoms with Crippen molar-refractivity contribution in [1.82, 2.24) is 10.6 Å². The molecule has 1 saturated heterocycles. The Morgan fingerprint density at radius 2 is 1.79 bits per heavy atom. The van der Waals surface area contributed by atoms with Gasteiger partial charge in [0.25, 0.3) is 0 Å². The first-order valence-electron chi connectivity index (χ1n) is 6.70. The number of esters is 1. The number of nitrogens with one attached hydrogen (secondary N) is 2. The van der Waals surface area contributed by atoms with E-state index in [1.807, 2.05) is 13.8 Å². The van der Waals surface area contributed by atoms with Crippen molar-refractivity contribution in [2.75, 3.05) is 6.61 Å². The SMILES string of the molecule is CCOC(=O)CCC1NC(=O)C(CC(C)C)NC1=O. The Balaban J connectivity index is 2.45. The first-order valence-corrected chi connectivity index (χ1v) is 6.70. The lowest BCUT2D eigenvalue weighted by molar-refractivity contribution is -0.144. The van der Waals surface area contributed by atoms with E-state index in [9.17, 15) is 14.4 Å². The molecule has 0 spiro atoms. The van der Waals surface area contributed by atoms with Crippen molar-refractivity contribution in [2.24, 2.45) is 5.92 Å². The normalized spacial score (nSPS) is 22.9. The van der Waals surface area contributed by atoms with E-state index >= 15 is 0 Å². The molecule has 2 amide bonds. The van der Waals surface area contributed by atoms with E-state index in [-0.39, 0.29) is 30.6 Å². The molecule has 0 saturated carbocycles. The van der Waals surface area contributed by atoms with Gasteiger partial charge in [0.15, 0.2) is 0 Å². The summed E-state index contributed by atoms with van der Waals surface area (Å²) in [6.45, 7) is 6.03. The lowest BCUT2D eigenvalue weighted by atomic mass is 9.99. The molecule has 1 aliphatic rings. The van der Waals surface area contributed by atoms with Gasteiger partial charge in [0.2, 0.25) is 11.8 Å². The quantitative estimate of drug-likeness (QED) is 0.682. The maximum absolute atomic E-state index is 11.8. The summed E-state index contributed by atoms with van der Waals surface area (Å²) in [6.07, 6.45) is 1.01. The van der Waals surface area contributed by atoms with Crippen LogP contribution in [0.3, 0.4) is 0 Å². The molecule has 108 valence electrons. The Kier molecular flexibility index (Phi) is 5.79. The second-order valence-corrected chi connectivity index (χ2v) is 5.10. The highest BCUT2D eigenvalue weighted by molar-refractivity contribution is 5.97. The third kappa shape index (κ3) is 4.89. The number of carbonyl (C=O) groups is 3. The van der Waals surface area contributed by atoms with Crippen LogP contribution in [0.2, 0.25) is 0 Å². The molecule has 0 aromatic carbocycles. The first kappa shape index (κ1) is 15.5. The Hall–Kier alpha value is -1.59. The van der Waals surface area contributed by atoms with Gasteiger partial charge in [-0.25, -0.2) is 0 Å². The van der Waals surface area contributed by atoms with E-state index in [2.05, 4.69) is 10.6 Å². The van der Waals surface area contributed by atoms with Crippen molar-refractivity contribution in [2.45, 2.75) is 52.1 Å². The molecule has 6 heteroatoms.